The molecule has 1 N–H and O–H groups in total. The summed E-state index contributed by atoms with van der Waals surface area (Å²) < 4.78 is 36.5. The minimum Gasteiger partial charge on any atom is -0.460 e. The number of rotatable bonds is 7. The van der Waals surface area contributed by atoms with Gasteiger partial charge in [-0.2, -0.15) is 0 Å². The summed E-state index contributed by atoms with van der Waals surface area (Å²) in [4.78, 5) is 25.1. The number of nitrogens with one attached hydrogen (secondary N) is 1. The SMILES string of the molecule is CCC(C)c1cc(-c2nc(Nc3ccc(-c4csc5c(=O)cc(C)oc45)cc3)ncc2F)cc(F)c1N=C(C)C. The maximum atomic E-state index is 15.2. The van der Waals surface area contributed by atoms with Gasteiger partial charge in [0, 0.05) is 34.0 Å². The Morgan fingerprint density at radius 1 is 1.10 bits per heavy atom. The Labute approximate surface area is 234 Å². The summed E-state index contributed by atoms with van der Waals surface area (Å²) in [6.07, 6.45) is 1.85. The van der Waals surface area contributed by atoms with E-state index < -0.39 is 11.6 Å². The van der Waals surface area contributed by atoms with E-state index in [0.29, 0.717) is 32.9 Å². The zero-order chi connectivity index (χ0) is 28.6. The van der Waals surface area contributed by atoms with E-state index in [1.165, 1.54) is 23.5 Å². The predicted molar refractivity (Wildman–Crippen MR) is 158 cm³/mol. The number of thiophene rings is 1. The van der Waals surface area contributed by atoms with Crippen molar-refractivity contribution in [3.63, 3.8) is 0 Å². The van der Waals surface area contributed by atoms with Crippen LogP contribution in [0, 0.1) is 18.6 Å². The normalized spacial score (nSPS) is 12.0. The summed E-state index contributed by atoms with van der Waals surface area (Å²) in [7, 11) is 0. The third kappa shape index (κ3) is 5.42. The van der Waals surface area contributed by atoms with Crippen LogP contribution in [0.4, 0.5) is 26.1 Å². The summed E-state index contributed by atoms with van der Waals surface area (Å²) in [5.41, 5.74) is 4.92. The van der Waals surface area contributed by atoms with E-state index in [2.05, 4.69) is 20.3 Å². The van der Waals surface area contributed by atoms with Crippen molar-refractivity contribution >= 4 is 44.7 Å². The first-order chi connectivity index (χ1) is 19.1. The van der Waals surface area contributed by atoms with Gasteiger partial charge in [0.2, 0.25) is 11.4 Å². The van der Waals surface area contributed by atoms with E-state index >= 15 is 4.39 Å². The Morgan fingerprint density at radius 3 is 2.55 bits per heavy atom. The van der Waals surface area contributed by atoms with Gasteiger partial charge in [0.1, 0.15) is 27.7 Å². The third-order valence-electron chi connectivity index (χ3n) is 6.61. The average Bonchev–Trinajstić information content (AvgIpc) is 3.34. The Morgan fingerprint density at radius 2 is 1.85 bits per heavy atom. The fourth-order valence-corrected chi connectivity index (χ4v) is 5.36. The standard InChI is InChI=1S/C31H28F2N4O2S/c1-6-17(4)22-12-20(13-24(32)28(22)35-16(2)3)27-25(33)14-34-31(37-27)36-21-9-7-19(8-10-21)23-15-40-30-26(38)11-18(5)39-29(23)30/h7-15,17H,6H2,1-5H3,(H,34,36,37). The summed E-state index contributed by atoms with van der Waals surface area (Å²) >= 11 is 1.35. The molecule has 5 aromatic rings. The molecule has 0 aliphatic heterocycles. The van der Waals surface area contributed by atoms with Gasteiger partial charge in [0.25, 0.3) is 0 Å². The van der Waals surface area contributed by atoms with Gasteiger partial charge in [0.15, 0.2) is 11.4 Å². The first kappa shape index (κ1) is 27.3. The molecule has 5 rings (SSSR count). The molecule has 0 fully saturated rings. The molecule has 40 heavy (non-hydrogen) atoms. The van der Waals surface area contributed by atoms with Crippen LogP contribution >= 0.6 is 11.3 Å². The van der Waals surface area contributed by atoms with Gasteiger partial charge in [-0.1, -0.05) is 26.0 Å². The summed E-state index contributed by atoms with van der Waals surface area (Å²) in [5, 5.41) is 5.00. The lowest BCUT2D eigenvalue weighted by Gasteiger charge is -2.16. The van der Waals surface area contributed by atoms with Gasteiger partial charge in [-0.05, 0) is 68.5 Å². The first-order valence-electron chi connectivity index (χ1n) is 12.9. The van der Waals surface area contributed by atoms with E-state index in [1.807, 2.05) is 57.3 Å². The van der Waals surface area contributed by atoms with Crippen LogP contribution in [0.2, 0.25) is 0 Å². The lowest BCUT2D eigenvalue weighted by Crippen LogP contribution is -2.02. The van der Waals surface area contributed by atoms with Crippen molar-refractivity contribution in [3.8, 4) is 22.4 Å². The lowest BCUT2D eigenvalue weighted by atomic mass is 9.93. The molecular formula is C31H28F2N4O2S. The smallest absolute Gasteiger partial charge is 0.227 e. The van der Waals surface area contributed by atoms with Gasteiger partial charge in [-0.25, -0.2) is 18.7 Å². The highest BCUT2D eigenvalue weighted by molar-refractivity contribution is 7.17. The Bertz CT molecular complexity index is 1810. The highest BCUT2D eigenvalue weighted by Gasteiger charge is 2.19. The van der Waals surface area contributed by atoms with Crippen LogP contribution in [0.25, 0.3) is 32.7 Å². The van der Waals surface area contributed by atoms with Crippen molar-refractivity contribution in [2.24, 2.45) is 4.99 Å². The van der Waals surface area contributed by atoms with E-state index in [1.54, 1.807) is 13.0 Å². The number of benzene rings is 2. The quantitative estimate of drug-likeness (QED) is 0.202. The number of nitrogens with zero attached hydrogens (tertiary/aromatic N) is 3. The molecule has 2 aromatic carbocycles. The topological polar surface area (TPSA) is 80.4 Å². The zero-order valence-corrected chi connectivity index (χ0v) is 23.6. The van der Waals surface area contributed by atoms with Crippen LogP contribution in [0.1, 0.15) is 51.4 Å². The second-order valence-corrected chi connectivity index (χ2v) is 10.8. The third-order valence-corrected chi connectivity index (χ3v) is 7.58. The number of hydrogen-bond donors (Lipinski definition) is 1. The highest BCUT2D eigenvalue weighted by Crippen LogP contribution is 2.37. The van der Waals surface area contributed by atoms with Gasteiger partial charge in [-0.3, -0.25) is 9.79 Å². The number of aromatic nitrogens is 2. The molecule has 0 aliphatic carbocycles. The average molecular weight is 559 g/mol. The molecule has 6 nitrogen and oxygen atoms in total. The number of halogens is 2. The molecule has 9 heteroatoms. The molecule has 0 aliphatic rings. The van der Waals surface area contributed by atoms with E-state index in [4.69, 9.17) is 4.42 Å². The van der Waals surface area contributed by atoms with Gasteiger partial charge < -0.3 is 9.73 Å². The molecule has 0 saturated carbocycles. The van der Waals surface area contributed by atoms with Crippen molar-refractivity contribution < 1.29 is 13.2 Å². The predicted octanol–water partition coefficient (Wildman–Crippen LogP) is 8.93. The van der Waals surface area contributed by atoms with Gasteiger partial charge in [0.05, 0.1) is 6.20 Å². The maximum Gasteiger partial charge on any atom is 0.227 e. The molecule has 204 valence electrons. The van der Waals surface area contributed by atoms with Gasteiger partial charge in [-0.15, -0.1) is 11.3 Å². The fourth-order valence-electron chi connectivity index (χ4n) is 4.44. The second-order valence-electron chi connectivity index (χ2n) is 9.89. The van der Waals surface area contributed by atoms with E-state index in [-0.39, 0.29) is 28.7 Å². The fraction of sp³-hybridized carbons (Fsp3) is 0.226. The Hall–Kier alpha value is -4.24. The first-order valence-corrected chi connectivity index (χ1v) is 13.8. The molecule has 1 atom stereocenters. The van der Waals surface area contributed by atoms with Crippen molar-refractivity contribution in [1.82, 2.24) is 9.97 Å². The molecule has 0 saturated heterocycles. The lowest BCUT2D eigenvalue weighted by molar-refractivity contribution is 0.567. The molecule has 0 spiro atoms. The molecule has 3 aromatic heterocycles. The van der Waals surface area contributed by atoms with Crippen molar-refractivity contribution in [1.29, 1.82) is 0 Å². The summed E-state index contributed by atoms with van der Waals surface area (Å²) in [6, 6.07) is 12.0. The molecular weight excluding hydrogens is 530 g/mol. The highest BCUT2D eigenvalue weighted by atomic mass is 32.1. The monoisotopic (exact) mass is 558 g/mol. The van der Waals surface area contributed by atoms with Crippen molar-refractivity contribution in [2.75, 3.05) is 5.32 Å². The zero-order valence-electron chi connectivity index (χ0n) is 22.8. The van der Waals surface area contributed by atoms with Crippen LogP contribution in [0.5, 0.6) is 0 Å². The van der Waals surface area contributed by atoms with Crippen LogP contribution < -0.4 is 10.7 Å². The molecule has 1 unspecified atom stereocenters. The number of aliphatic imine (C=N–C) groups is 1. The van der Waals surface area contributed by atoms with Crippen molar-refractivity contribution in [3.05, 3.63) is 87.2 Å². The molecule has 0 radical (unpaired) electrons. The maximum absolute atomic E-state index is 15.2. The van der Waals surface area contributed by atoms with Gasteiger partial charge >= 0.3 is 0 Å². The summed E-state index contributed by atoms with van der Waals surface area (Å²) in [6.45, 7) is 9.37. The molecule has 0 amide bonds. The van der Waals surface area contributed by atoms with Crippen LogP contribution in [0.15, 0.2) is 68.2 Å². The van der Waals surface area contributed by atoms with E-state index in [0.717, 1.165) is 29.5 Å². The minimum atomic E-state index is -0.653. The van der Waals surface area contributed by atoms with Crippen LogP contribution in [0.3, 0.4) is 0 Å². The van der Waals surface area contributed by atoms with Crippen LogP contribution in [-0.2, 0) is 0 Å². The largest absolute Gasteiger partial charge is 0.460 e. The summed E-state index contributed by atoms with van der Waals surface area (Å²) in [5.74, 6) is -0.433. The van der Waals surface area contributed by atoms with Crippen LogP contribution in [-0.4, -0.2) is 15.7 Å². The number of fused-ring (bicyclic) bond motifs is 1. The van der Waals surface area contributed by atoms with Crippen molar-refractivity contribution in [2.45, 2.75) is 47.0 Å². The number of hydrogen-bond acceptors (Lipinski definition) is 7. The minimum absolute atomic E-state index is 0.00327. The Balaban J connectivity index is 1.46. The molecule has 3 heterocycles. The molecule has 0 bridgehead atoms. The Kier molecular flexibility index (Phi) is 7.58. The van der Waals surface area contributed by atoms with E-state index in [9.17, 15) is 9.18 Å². The number of anilines is 2. The second kappa shape index (κ2) is 11.1. The number of aryl methyl sites for hydroxylation is 1.